The number of hydrogen-bond acceptors (Lipinski definition) is 4. The predicted octanol–water partition coefficient (Wildman–Crippen LogP) is 0.853. The van der Waals surface area contributed by atoms with Crippen LogP contribution in [0.1, 0.15) is 44.9 Å². The Morgan fingerprint density at radius 1 is 1.24 bits per heavy atom. The number of hydrogen-bond donors (Lipinski definition) is 1. The minimum absolute atomic E-state index is 0.0265. The molecule has 0 aromatic heterocycles. The average molecular weight is 294 g/mol. The number of rotatable bonds is 5. The lowest BCUT2D eigenvalue weighted by Crippen LogP contribution is -2.47. The van der Waals surface area contributed by atoms with E-state index in [0.29, 0.717) is 18.8 Å². The highest BCUT2D eigenvalue weighted by Gasteiger charge is 2.48. The van der Waals surface area contributed by atoms with E-state index >= 15 is 0 Å². The number of nitrogens with zero attached hydrogens (tertiary/aromatic N) is 2. The molecule has 0 radical (unpaired) electrons. The quantitative estimate of drug-likeness (QED) is 0.761. The molecule has 2 heterocycles. The van der Waals surface area contributed by atoms with Gasteiger partial charge in [-0.25, -0.2) is 0 Å². The summed E-state index contributed by atoms with van der Waals surface area (Å²) in [5, 5.41) is 8.78. The molecule has 116 valence electrons. The first kappa shape index (κ1) is 14.5. The molecule has 21 heavy (non-hydrogen) atoms. The first-order valence-electron chi connectivity index (χ1n) is 7.88. The molecular formula is C15H22N2O4. The number of carbonyl (C=O) groups excluding carboxylic acids is 2. The Balaban J connectivity index is 1.59. The average Bonchev–Trinajstić information content (AvgIpc) is 3.23. The largest absolute Gasteiger partial charge is 0.481 e. The molecule has 2 unspecified atom stereocenters. The van der Waals surface area contributed by atoms with E-state index in [2.05, 4.69) is 4.90 Å². The van der Waals surface area contributed by atoms with Gasteiger partial charge < -0.3 is 5.11 Å². The van der Waals surface area contributed by atoms with Crippen LogP contribution < -0.4 is 0 Å². The van der Waals surface area contributed by atoms with Crippen LogP contribution in [0.5, 0.6) is 0 Å². The monoisotopic (exact) mass is 294 g/mol. The maximum atomic E-state index is 12.4. The number of aliphatic carboxylic acids is 1. The molecule has 2 amide bonds. The summed E-state index contributed by atoms with van der Waals surface area (Å²) in [6.07, 6.45) is 5.05. The van der Waals surface area contributed by atoms with E-state index in [-0.39, 0.29) is 30.3 Å². The first-order valence-corrected chi connectivity index (χ1v) is 7.88. The predicted molar refractivity (Wildman–Crippen MR) is 74.4 cm³/mol. The molecular weight excluding hydrogens is 272 g/mol. The standard InChI is InChI=1S/C15H22N2O4/c18-13-8-12(15(21)17(13)11-4-5-11)16-7-1-2-10(9-16)3-6-14(19)20/h10-12H,1-9H2,(H,19,20). The zero-order valence-corrected chi connectivity index (χ0v) is 12.2. The summed E-state index contributed by atoms with van der Waals surface area (Å²) in [4.78, 5) is 38.7. The van der Waals surface area contributed by atoms with Crippen LogP contribution in [0.3, 0.4) is 0 Å². The van der Waals surface area contributed by atoms with Gasteiger partial charge in [-0.2, -0.15) is 0 Å². The highest BCUT2D eigenvalue weighted by Crippen LogP contribution is 2.34. The minimum Gasteiger partial charge on any atom is -0.481 e. The lowest BCUT2D eigenvalue weighted by molar-refractivity contribution is -0.141. The van der Waals surface area contributed by atoms with Crippen molar-refractivity contribution in [3.05, 3.63) is 0 Å². The van der Waals surface area contributed by atoms with E-state index in [1.165, 1.54) is 4.90 Å². The SMILES string of the molecule is O=C(O)CCC1CCCN(C2CC(=O)N(C3CC3)C2=O)C1. The molecule has 6 nitrogen and oxygen atoms in total. The molecule has 0 bridgehead atoms. The lowest BCUT2D eigenvalue weighted by Gasteiger charge is -2.35. The van der Waals surface area contributed by atoms with Gasteiger partial charge in [-0.1, -0.05) is 0 Å². The van der Waals surface area contributed by atoms with Crippen LogP contribution in [0.15, 0.2) is 0 Å². The topological polar surface area (TPSA) is 77.9 Å². The van der Waals surface area contributed by atoms with Crippen molar-refractivity contribution in [3.8, 4) is 0 Å². The smallest absolute Gasteiger partial charge is 0.303 e. The van der Waals surface area contributed by atoms with Crippen LogP contribution in [0.2, 0.25) is 0 Å². The molecule has 2 saturated heterocycles. The zero-order valence-electron chi connectivity index (χ0n) is 12.2. The van der Waals surface area contributed by atoms with Crippen molar-refractivity contribution >= 4 is 17.8 Å². The fourth-order valence-corrected chi connectivity index (χ4v) is 3.58. The van der Waals surface area contributed by atoms with Gasteiger partial charge in [-0.05, 0) is 44.6 Å². The molecule has 2 atom stereocenters. The molecule has 1 N–H and O–H groups in total. The number of likely N-dealkylation sites (tertiary alicyclic amines) is 2. The van der Waals surface area contributed by atoms with Crippen LogP contribution in [-0.4, -0.2) is 57.9 Å². The van der Waals surface area contributed by atoms with Gasteiger partial charge in [-0.15, -0.1) is 0 Å². The number of amides is 2. The third kappa shape index (κ3) is 3.10. The van der Waals surface area contributed by atoms with Crippen LogP contribution in [-0.2, 0) is 14.4 Å². The van der Waals surface area contributed by atoms with Crippen LogP contribution >= 0.6 is 0 Å². The van der Waals surface area contributed by atoms with Crippen molar-refractivity contribution in [2.24, 2.45) is 5.92 Å². The van der Waals surface area contributed by atoms with E-state index in [0.717, 1.165) is 38.8 Å². The van der Waals surface area contributed by atoms with E-state index in [9.17, 15) is 14.4 Å². The summed E-state index contributed by atoms with van der Waals surface area (Å²) in [5.74, 6) is -0.492. The number of imide groups is 1. The van der Waals surface area contributed by atoms with E-state index in [1.54, 1.807) is 0 Å². The fourth-order valence-electron chi connectivity index (χ4n) is 3.58. The molecule has 3 fully saturated rings. The Morgan fingerprint density at radius 3 is 2.67 bits per heavy atom. The third-order valence-corrected chi connectivity index (χ3v) is 4.83. The maximum absolute atomic E-state index is 12.4. The van der Waals surface area contributed by atoms with Gasteiger partial charge in [0, 0.05) is 19.0 Å². The molecule has 6 heteroatoms. The second-order valence-electron chi connectivity index (χ2n) is 6.49. The van der Waals surface area contributed by atoms with E-state index < -0.39 is 5.97 Å². The maximum Gasteiger partial charge on any atom is 0.303 e. The van der Waals surface area contributed by atoms with Gasteiger partial charge in [0.05, 0.1) is 12.5 Å². The lowest BCUT2D eigenvalue weighted by atomic mass is 9.92. The van der Waals surface area contributed by atoms with Gasteiger partial charge in [0.15, 0.2) is 0 Å². The Kier molecular flexibility index (Phi) is 3.97. The second-order valence-corrected chi connectivity index (χ2v) is 6.49. The van der Waals surface area contributed by atoms with Gasteiger partial charge in [0.1, 0.15) is 0 Å². The summed E-state index contributed by atoms with van der Waals surface area (Å²) in [6.45, 7) is 1.58. The molecule has 1 aliphatic carbocycles. The van der Waals surface area contributed by atoms with Gasteiger partial charge >= 0.3 is 5.97 Å². The first-order chi connectivity index (χ1) is 10.1. The summed E-state index contributed by atoms with van der Waals surface area (Å²) in [7, 11) is 0. The number of piperidine rings is 1. The number of carboxylic acid groups (broad SMARTS) is 1. The molecule has 0 aromatic carbocycles. The summed E-state index contributed by atoms with van der Waals surface area (Å²) >= 11 is 0. The van der Waals surface area contributed by atoms with Gasteiger partial charge in [0.2, 0.25) is 11.8 Å². The fraction of sp³-hybridized carbons (Fsp3) is 0.800. The third-order valence-electron chi connectivity index (χ3n) is 4.83. The Morgan fingerprint density at radius 2 is 2.00 bits per heavy atom. The second kappa shape index (κ2) is 5.75. The van der Waals surface area contributed by atoms with Gasteiger partial charge in [-0.3, -0.25) is 24.2 Å². The van der Waals surface area contributed by atoms with Crippen molar-refractivity contribution in [2.75, 3.05) is 13.1 Å². The van der Waals surface area contributed by atoms with Crippen LogP contribution in [0.25, 0.3) is 0 Å². The molecule has 2 aliphatic heterocycles. The van der Waals surface area contributed by atoms with E-state index in [1.807, 2.05) is 0 Å². The van der Waals surface area contributed by atoms with Crippen molar-refractivity contribution < 1.29 is 19.5 Å². The normalized spacial score (nSPS) is 31.0. The van der Waals surface area contributed by atoms with Crippen molar-refractivity contribution in [1.82, 2.24) is 9.80 Å². The van der Waals surface area contributed by atoms with Crippen molar-refractivity contribution in [3.63, 3.8) is 0 Å². The van der Waals surface area contributed by atoms with Crippen LogP contribution in [0, 0.1) is 5.92 Å². The molecule has 0 aromatic rings. The molecule has 3 rings (SSSR count). The Bertz CT molecular complexity index is 461. The van der Waals surface area contributed by atoms with Crippen molar-refractivity contribution in [2.45, 2.75) is 57.0 Å². The highest BCUT2D eigenvalue weighted by atomic mass is 16.4. The molecule has 3 aliphatic rings. The summed E-state index contributed by atoms with van der Waals surface area (Å²) in [6, 6.07) is -0.145. The molecule has 1 saturated carbocycles. The van der Waals surface area contributed by atoms with Crippen LogP contribution in [0.4, 0.5) is 0 Å². The summed E-state index contributed by atoms with van der Waals surface area (Å²) in [5.41, 5.74) is 0. The van der Waals surface area contributed by atoms with Gasteiger partial charge in [0.25, 0.3) is 0 Å². The number of carbonyl (C=O) groups is 3. The zero-order chi connectivity index (χ0) is 15.0. The van der Waals surface area contributed by atoms with E-state index in [4.69, 9.17) is 5.11 Å². The minimum atomic E-state index is -0.765. The summed E-state index contributed by atoms with van der Waals surface area (Å²) < 4.78 is 0. The Hall–Kier alpha value is -1.43. The Labute approximate surface area is 124 Å². The highest BCUT2D eigenvalue weighted by molar-refractivity contribution is 6.06. The number of carboxylic acids is 1. The van der Waals surface area contributed by atoms with Crippen molar-refractivity contribution in [1.29, 1.82) is 0 Å². The molecule has 0 spiro atoms.